The number of hydrogen-bond acceptors (Lipinski definition) is 6. The van der Waals surface area contributed by atoms with Crippen molar-refractivity contribution in [2.75, 3.05) is 37.0 Å². The quantitative estimate of drug-likeness (QED) is 0.199. The summed E-state index contributed by atoms with van der Waals surface area (Å²) in [6, 6.07) is 9.50. The third kappa shape index (κ3) is 4.72. The van der Waals surface area contributed by atoms with Crippen LogP contribution in [0, 0.1) is 11.2 Å². The lowest BCUT2D eigenvalue weighted by Gasteiger charge is -2.44. The van der Waals surface area contributed by atoms with Crippen LogP contribution in [0.3, 0.4) is 0 Å². The van der Waals surface area contributed by atoms with E-state index < -0.39 is 28.7 Å². The van der Waals surface area contributed by atoms with Crippen molar-refractivity contribution in [3.05, 3.63) is 77.0 Å². The Bertz CT molecular complexity index is 1960. The molecule has 0 aliphatic carbocycles. The number of ether oxygens (including phenoxy) is 1. The molecule has 12 heteroatoms. The van der Waals surface area contributed by atoms with Crippen LogP contribution in [0.4, 0.5) is 23.4 Å². The average Bonchev–Trinajstić information content (AvgIpc) is 3.18. The molecule has 1 spiro atoms. The molecule has 2 fully saturated rings. The first-order valence-electron chi connectivity index (χ1n) is 14.7. The molecular weight excluding hydrogens is 608 g/mol. The van der Waals surface area contributed by atoms with Gasteiger partial charge in [0.1, 0.15) is 11.6 Å². The van der Waals surface area contributed by atoms with Crippen LogP contribution in [0.25, 0.3) is 32.8 Å². The molecule has 0 radical (unpaired) electrons. The van der Waals surface area contributed by atoms with Crippen LogP contribution in [0.5, 0.6) is 0 Å². The highest BCUT2D eigenvalue weighted by Crippen LogP contribution is 2.52. The van der Waals surface area contributed by atoms with Crippen molar-refractivity contribution in [3.8, 4) is 11.1 Å². The summed E-state index contributed by atoms with van der Waals surface area (Å²) >= 11 is 1.28. The highest BCUT2D eigenvalue weighted by atomic mass is 32.2. The van der Waals surface area contributed by atoms with Crippen molar-refractivity contribution >= 4 is 45.2 Å². The minimum atomic E-state index is -4.79. The molecule has 2 saturated heterocycles. The molecule has 4 heterocycles. The summed E-state index contributed by atoms with van der Waals surface area (Å²) in [5.41, 5.74) is -1.36. The zero-order chi connectivity index (χ0) is 31.8. The van der Waals surface area contributed by atoms with Gasteiger partial charge in [-0.2, -0.15) is 18.2 Å². The van der Waals surface area contributed by atoms with Gasteiger partial charge in [0.25, 0.3) is 0 Å². The van der Waals surface area contributed by atoms with E-state index in [1.807, 2.05) is 18.7 Å². The van der Waals surface area contributed by atoms with E-state index in [9.17, 15) is 14.0 Å². The Balaban J connectivity index is 1.55. The molecule has 3 aromatic carbocycles. The van der Waals surface area contributed by atoms with Gasteiger partial charge in [-0.3, -0.25) is 9.36 Å². The van der Waals surface area contributed by atoms with Crippen molar-refractivity contribution in [2.45, 2.75) is 43.5 Å². The number of halogens is 4. The molecule has 3 aliphatic heterocycles. The molecule has 1 aromatic heterocycles. The lowest BCUT2D eigenvalue weighted by Crippen LogP contribution is -2.58. The summed E-state index contributed by atoms with van der Waals surface area (Å²) in [5.74, 6) is -0.189. The van der Waals surface area contributed by atoms with E-state index in [0.29, 0.717) is 34.8 Å². The highest BCUT2D eigenvalue weighted by molar-refractivity contribution is 7.99. The predicted molar refractivity (Wildman–Crippen MR) is 166 cm³/mol. The topological polar surface area (TPSA) is 67.7 Å². The molecule has 4 aromatic rings. The number of anilines is 1. The number of thioether (sulfide) groups is 1. The zero-order valence-electron chi connectivity index (χ0n) is 24.7. The Labute approximate surface area is 260 Å². The van der Waals surface area contributed by atoms with Crippen LogP contribution in [0.15, 0.2) is 64.8 Å². The van der Waals surface area contributed by atoms with Gasteiger partial charge in [0.2, 0.25) is 5.91 Å². The Morgan fingerprint density at radius 3 is 2.49 bits per heavy atom. The monoisotopic (exact) mass is 638 g/mol. The van der Waals surface area contributed by atoms with Crippen molar-refractivity contribution in [1.82, 2.24) is 14.5 Å². The smallest absolute Gasteiger partial charge is 0.380 e. The molecule has 0 bridgehead atoms. The fourth-order valence-electron chi connectivity index (χ4n) is 6.89. The van der Waals surface area contributed by atoms with Gasteiger partial charge in [0.05, 0.1) is 24.3 Å². The minimum Gasteiger partial charge on any atom is -0.380 e. The van der Waals surface area contributed by atoms with Gasteiger partial charge in [0.15, 0.2) is 0 Å². The number of nitrogens with zero attached hydrogens (tertiary/aromatic N) is 4. The summed E-state index contributed by atoms with van der Waals surface area (Å²) in [6.07, 6.45) is -3.55. The predicted octanol–water partition coefficient (Wildman–Crippen LogP) is 6.11. The van der Waals surface area contributed by atoms with E-state index in [2.05, 4.69) is 11.6 Å². The average molecular weight is 639 g/mol. The second kappa shape index (κ2) is 10.6. The van der Waals surface area contributed by atoms with Gasteiger partial charge in [0, 0.05) is 64.1 Å². The summed E-state index contributed by atoms with van der Waals surface area (Å²) < 4.78 is 67.6. The Hall–Kier alpha value is -3.90. The van der Waals surface area contributed by atoms with E-state index >= 15 is 13.2 Å². The van der Waals surface area contributed by atoms with Crippen molar-refractivity contribution in [2.24, 2.45) is 5.41 Å². The number of hydrogen-bond donors (Lipinski definition) is 0. The summed E-state index contributed by atoms with van der Waals surface area (Å²) in [6.45, 7) is 8.82. The maximum atomic E-state index is 15.2. The second-order valence-electron chi connectivity index (χ2n) is 12.3. The van der Waals surface area contributed by atoms with Gasteiger partial charge < -0.3 is 14.5 Å². The van der Waals surface area contributed by atoms with Gasteiger partial charge in [-0.05, 0) is 43.0 Å². The van der Waals surface area contributed by atoms with Crippen LogP contribution < -0.4 is 10.6 Å². The normalized spacial score (nSPS) is 21.2. The molecule has 45 heavy (non-hydrogen) atoms. The first kappa shape index (κ1) is 29.8. The molecule has 0 saturated carbocycles. The van der Waals surface area contributed by atoms with Crippen LogP contribution in [0.1, 0.15) is 19.4 Å². The minimum absolute atomic E-state index is 0.0818. The van der Waals surface area contributed by atoms with Crippen molar-refractivity contribution in [3.63, 3.8) is 0 Å². The maximum absolute atomic E-state index is 15.2. The molecule has 7 rings (SSSR count). The van der Waals surface area contributed by atoms with Crippen LogP contribution >= 0.6 is 11.8 Å². The molecule has 1 amide bonds. The standard InChI is InChI=1S/C33H30F4N4O3S/c1-4-26(42)39-12-19(3)40(13-18(39)2)30-23-11-24(33(35,36)37)27(22-9-10-25(34)21-8-6-5-7-20(21)22)29-28(23)41(31(43)38-30)14-32(17-45-29)15-44-16-32/h4-11,18-19H,1,12-17H2,2-3H3/t18-,19+/m1/s1. The summed E-state index contributed by atoms with van der Waals surface area (Å²) in [7, 11) is 0. The molecule has 7 nitrogen and oxygen atoms in total. The first-order chi connectivity index (χ1) is 21.4. The van der Waals surface area contributed by atoms with Gasteiger partial charge in [-0.15, -0.1) is 11.8 Å². The maximum Gasteiger partial charge on any atom is 0.417 e. The first-order valence-corrected chi connectivity index (χ1v) is 15.7. The van der Waals surface area contributed by atoms with E-state index in [1.54, 1.807) is 29.2 Å². The molecule has 3 aliphatic rings. The van der Waals surface area contributed by atoms with E-state index in [1.165, 1.54) is 34.5 Å². The number of aromatic nitrogens is 2. The van der Waals surface area contributed by atoms with Gasteiger partial charge >= 0.3 is 11.9 Å². The molecule has 234 valence electrons. The Kier molecular flexibility index (Phi) is 7.01. The molecule has 0 unspecified atom stereocenters. The Morgan fingerprint density at radius 2 is 1.82 bits per heavy atom. The van der Waals surface area contributed by atoms with Crippen molar-refractivity contribution in [1.29, 1.82) is 0 Å². The number of alkyl halides is 3. The van der Waals surface area contributed by atoms with E-state index in [0.717, 1.165) is 6.07 Å². The fraction of sp³-hybridized carbons (Fsp3) is 0.364. The van der Waals surface area contributed by atoms with Gasteiger partial charge in [-0.25, -0.2) is 9.18 Å². The summed E-state index contributed by atoms with van der Waals surface area (Å²) in [4.78, 5) is 34.6. The second-order valence-corrected chi connectivity index (χ2v) is 13.3. The Morgan fingerprint density at radius 1 is 1.09 bits per heavy atom. The van der Waals surface area contributed by atoms with Crippen LogP contribution in [0.2, 0.25) is 0 Å². The van der Waals surface area contributed by atoms with Crippen LogP contribution in [-0.4, -0.2) is 64.5 Å². The third-order valence-electron chi connectivity index (χ3n) is 9.19. The number of benzene rings is 3. The molecule has 2 atom stereocenters. The molecular formula is C33H30F4N4O3S. The fourth-order valence-corrected chi connectivity index (χ4v) is 8.32. The summed E-state index contributed by atoms with van der Waals surface area (Å²) in [5, 5.41) is 0.763. The lowest BCUT2D eigenvalue weighted by molar-refractivity contribution is -0.137. The highest BCUT2D eigenvalue weighted by Gasteiger charge is 2.45. The SMILES string of the molecule is C=CC(=O)N1C[C@H](C)N(c2nc(=O)n3c4c(c(-c5ccc(F)c6ccccc56)c(C(F)(F)F)cc24)SCC2(COC2)C3)C[C@H]1C. The van der Waals surface area contributed by atoms with E-state index in [-0.39, 0.29) is 65.3 Å². The number of carbonyl (C=O) groups excluding carboxylic acids is 1. The zero-order valence-corrected chi connectivity index (χ0v) is 25.5. The number of fused-ring (bicyclic) bond motifs is 1. The van der Waals surface area contributed by atoms with Crippen LogP contribution in [-0.2, 0) is 22.3 Å². The number of carbonyl (C=O) groups is 1. The van der Waals surface area contributed by atoms with Gasteiger partial charge in [-0.1, -0.05) is 36.9 Å². The number of piperazine rings is 1. The van der Waals surface area contributed by atoms with Crippen molar-refractivity contribution < 1.29 is 27.1 Å². The van der Waals surface area contributed by atoms with E-state index in [4.69, 9.17) is 4.74 Å². The largest absolute Gasteiger partial charge is 0.417 e. The molecule has 0 N–H and O–H groups in total. The third-order valence-corrected chi connectivity index (χ3v) is 10.6. The number of amides is 1. The lowest BCUT2D eigenvalue weighted by atomic mass is 9.88. The number of rotatable bonds is 3.